The number of hydrogen-bond donors (Lipinski definition) is 3. The lowest BCUT2D eigenvalue weighted by Gasteiger charge is -2.14. The third-order valence-corrected chi connectivity index (χ3v) is 2.76. The number of imidazole rings is 1. The fraction of sp³-hybridized carbons (Fsp3) is 0.385. The van der Waals surface area contributed by atoms with E-state index >= 15 is 0 Å². The van der Waals surface area contributed by atoms with Crippen molar-refractivity contribution in [3.05, 3.63) is 24.0 Å². The molecule has 0 aliphatic rings. The molecule has 102 valence electrons. The molecule has 0 radical (unpaired) electrons. The van der Waals surface area contributed by atoms with Gasteiger partial charge in [0.15, 0.2) is 0 Å². The zero-order valence-corrected chi connectivity index (χ0v) is 11.2. The van der Waals surface area contributed by atoms with Gasteiger partial charge in [-0.3, -0.25) is 9.69 Å². The Bertz CT molecular complexity index is 577. The van der Waals surface area contributed by atoms with Gasteiger partial charge in [0, 0.05) is 12.2 Å². The van der Waals surface area contributed by atoms with E-state index in [1.54, 1.807) is 0 Å². The van der Waals surface area contributed by atoms with E-state index in [1.807, 2.05) is 37.1 Å². The number of hydrogen-bond acceptors (Lipinski definition) is 4. The zero-order chi connectivity index (χ0) is 13.8. The summed E-state index contributed by atoms with van der Waals surface area (Å²) in [5.74, 6) is 0.845. The first-order valence-electron chi connectivity index (χ1n) is 6.28. The second-order valence-electron chi connectivity index (χ2n) is 4.59. The first kappa shape index (κ1) is 13.4. The molecular formula is C13H19N5O. The minimum atomic E-state index is 0.0188. The van der Waals surface area contributed by atoms with Crippen LogP contribution in [0.25, 0.3) is 11.0 Å². The molecular weight excluding hydrogens is 242 g/mol. The summed E-state index contributed by atoms with van der Waals surface area (Å²) in [6, 6.07) is 5.56. The van der Waals surface area contributed by atoms with Crippen LogP contribution < -0.4 is 11.1 Å². The van der Waals surface area contributed by atoms with Crippen LogP contribution in [0, 0.1) is 0 Å². The van der Waals surface area contributed by atoms with Gasteiger partial charge < -0.3 is 16.0 Å². The second-order valence-corrected chi connectivity index (χ2v) is 4.59. The molecule has 4 N–H and O–H groups in total. The molecule has 0 aliphatic heterocycles. The molecule has 0 aliphatic carbocycles. The van der Waals surface area contributed by atoms with Gasteiger partial charge in [-0.05, 0) is 32.2 Å². The van der Waals surface area contributed by atoms with Gasteiger partial charge in [-0.25, -0.2) is 4.98 Å². The van der Waals surface area contributed by atoms with E-state index in [4.69, 9.17) is 5.73 Å². The number of aromatic nitrogens is 2. The number of H-pyrrole nitrogens is 1. The van der Waals surface area contributed by atoms with Crippen LogP contribution in [0.3, 0.4) is 0 Å². The summed E-state index contributed by atoms with van der Waals surface area (Å²) in [4.78, 5) is 21.0. The van der Waals surface area contributed by atoms with Crippen molar-refractivity contribution < 1.29 is 4.79 Å². The first-order valence-corrected chi connectivity index (χ1v) is 6.28. The molecule has 1 amide bonds. The number of carbonyl (C=O) groups excluding carboxylic acids is 1. The van der Waals surface area contributed by atoms with Gasteiger partial charge in [0.25, 0.3) is 0 Å². The average Bonchev–Trinajstić information content (AvgIpc) is 2.70. The smallest absolute Gasteiger partial charge is 0.234 e. The third-order valence-electron chi connectivity index (χ3n) is 2.76. The average molecular weight is 261 g/mol. The number of benzene rings is 1. The van der Waals surface area contributed by atoms with Gasteiger partial charge in [-0.15, -0.1) is 0 Å². The quantitative estimate of drug-likeness (QED) is 0.692. The fourth-order valence-electron chi connectivity index (χ4n) is 1.96. The van der Waals surface area contributed by atoms with Crippen LogP contribution in [0.15, 0.2) is 18.2 Å². The van der Waals surface area contributed by atoms with Crippen molar-refractivity contribution in [2.45, 2.75) is 13.5 Å². The molecule has 1 aromatic heterocycles. The molecule has 6 nitrogen and oxygen atoms in total. The van der Waals surface area contributed by atoms with Gasteiger partial charge in [0.2, 0.25) is 5.91 Å². The predicted octanol–water partition coefficient (Wildman–Crippen LogP) is 0.713. The van der Waals surface area contributed by atoms with E-state index in [2.05, 4.69) is 15.3 Å². The van der Waals surface area contributed by atoms with Gasteiger partial charge in [0.05, 0.1) is 24.1 Å². The number of nitrogens with zero attached hydrogens (tertiary/aromatic N) is 2. The van der Waals surface area contributed by atoms with Crippen LogP contribution in [0.2, 0.25) is 0 Å². The van der Waals surface area contributed by atoms with Crippen molar-refractivity contribution >= 4 is 22.6 Å². The number of nitrogen functional groups attached to an aromatic ring is 1. The summed E-state index contributed by atoms with van der Waals surface area (Å²) in [5.41, 5.74) is 8.23. The highest BCUT2D eigenvalue weighted by Crippen LogP contribution is 2.15. The lowest BCUT2D eigenvalue weighted by Crippen LogP contribution is -2.34. The Morgan fingerprint density at radius 3 is 3.05 bits per heavy atom. The molecule has 0 saturated carbocycles. The van der Waals surface area contributed by atoms with Crippen molar-refractivity contribution in [3.63, 3.8) is 0 Å². The predicted molar refractivity (Wildman–Crippen MR) is 75.5 cm³/mol. The van der Waals surface area contributed by atoms with E-state index in [0.717, 1.165) is 16.9 Å². The molecule has 2 rings (SSSR count). The minimum Gasteiger partial charge on any atom is -0.399 e. The summed E-state index contributed by atoms with van der Waals surface area (Å²) in [5, 5.41) is 2.77. The zero-order valence-electron chi connectivity index (χ0n) is 11.2. The Kier molecular flexibility index (Phi) is 4.01. The van der Waals surface area contributed by atoms with Crippen molar-refractivity contribution in [1.29, 1.82) is 0 Å². The number of aromatic amines is 1. The highest BCUT2D eigenvalue weighted by atomic mass is 16.1. The number of nitrogens with one attached hydrogen (secondary N) is 2. The monoisotopic (exact) mass is 261 g/mol. The molecule has 0 unspecified atom stereocenters. The molecule has 0 saturated heterocycles. The summed E-state index contributed by atoms with van der Waals surface area (Å²) in [6.07, 6.45) is 0. The van der Waals surface area contributed by atoms with Crippen LogP contribution in [-0.2, 0) is 11.3 Å². The highest BCUT2D eigenvalue weighted by Gasteiger charge is 2.09. The number of nitrogens with two attached hydrogens (primary N) is 1. The lowest BCUT2D eigenvalue weighted by atomic mass is 10.3. The SMILES string of the molecule is CCNC(=O)CN(C)Cc1nc2ccc(N)cc2[nH]1. The largest absolute Gasteiger partial charge is 0.399 e. The van der Waals surface area contributed by atoms with Crippen molar-refractivity contribution in [2.24, 2.45) is 0 Å². The molecule has 2 aromatic rings. The number of likely N-dealkylation sites (N-methyl/N-ethyl adjacent to an activating group) is 2. The molecule has 6 heteroatoms. The molecule has 1 heterocycles. The standard InChI is InChI=1S/C13H19N5O/c1-3-15-13(19)8-18(2)7-12-16-10-5-4-9(14)6-11(10)17-12/h4-6H,3,7-8,14H2,1-2H3,(H,15,19)(H,16,17). The maximum atomic E-state index is 11.5. The summed E-state index contributed by atoms with van der Waals surface area (Å²) < 4.78 is 0. The molecule has 0 fully saturated rings. The first-order chi connectivity index (χ1) is 9.08. The molecule has 0 bridgehead atoms. The van der Waals surface area contributed by atoms with Crippen LogP contribution in [0.5, 0.6) is 0 Å². The highest BCUT2D eigenvalue weighted by molar-refractivity contribution is 5.79. The van der Waals surface area contributed by atoms with Crippen LogP contribution in [-0.4, -0.2) is 40.9 Å². The summed E-state index contributed by atoms with van der Waals surface area (Å²) in [7, 11) is 1.89. The number of amides is 1. The Hall–Kier alpha value is -2.08. The second kappa shape index (κ2) is 5.71. The number of carbonyl (C=O) groups is 1. The Morgan fingerprint density at radius 2 is 2.32 bits per heavy atom. The van der Waals surface area contributed by atoms with Crippen molar-refractivity contribution in [1.82, 2.24) is 20.2 Å². The molecule has 0 spiro atoms. The van der Waals surface area contributed by atoms with E-state index in [1.165, 1.54) is 0 Å². The van der Waals surface area contributed by atoms with E-state index < -0.39 is 0 Å². The Morgan fingerprint density at radius 1 is 1.53 bits per heavy atom. The van der Waals surface area contributed by atoms with Gasteiger partial charge in [0.1, 0.15) is 5.82 Å². The van der Waals surface area contributed by atoms with E-state index in [9.17, 15) is 4.79 Å². The third kappa shape index (κ3) is 3.45. The van der Waals surface area contributed by atoms with Crippen molar-refractivity contribution in [2.75, 3.05) is 25.9 Å². The van der Waals surface area contributed by atoms with Crippen molar-refractivity contribution in [3.8, 4) is 0 Å². The number of rotatable bonds is 5. The maximum Gasteiger partial charge on any atom is 0.234 e. The molecule has 1 aromatic carbocycles. The van der Waals surface area contributed by atoms with E-state index in [-0.39, 0.29) is 5.91 Å². The van der Waals surface area contributed by atoms with Gasteiger partial charge in [-0.1, -0.05) is 0 Å². The number of anilines is 1. The summed E-state index contributed by atoms with van der Waals surface area (Å²) >= 11 is 0. The topological polar surface area (TPSA) is 87.0 Å². The van der Waals surface area contributed by atoms with Gasteiger partial charge in [-0.2, -0.15) is 0 Å². The normalized spacial score (nSPS) is 11.1. The van der Waals surface area contributed by atoms with Crippen LogP contribution in [0.1, 0.15) is 12.7 Å². The van der Waals surface area contributed by atoms with Crippen LogP contribution in [0.4, 0.5) is 5.69 Å². The number of fused-ring (bicyclic) bond motifs is 1. The minimum absolute atomic E-state index is 0.0188. The maximum absolute atomic E-state index is 11.5. The Balaban J connectivity index is 2.02. The van der Waals surface area contributed by atoms with E-state index in [0.29, 0.717) is 25.3 Å². The Labute approximate surface area is 112 Å². The molecule has 19 heavy (non-hydrogen) atoms. The fourth-order valence-corrected chi connectivity index (χ4v) is 1.96. The summed E-state index contributed by atoms with van der Waals surface area (Å²) in [6.45, 7) is 3.50. The molecule has 0 atom stereocenters. The lowest BCUT2D eigenvalue weighted by molar-refractivity contribution is -0.121. The van der Waals surface area contributed by atoms with Gasteiger partial charge >= 0.3 is 0 Å². The van der Waals surface area contributed by atoms with Crippen LogP contribution >= 0.6 is 0 Å².